The third kappa shape index (κ3) is 7.61. The smallest absolute Gasteiger partial charge is 0.251 e. The Morgan fingerprint density at radius 1 is 1.29 bits per heavy atom. The Morgan fingerprint density at radius 3 is 2.54 bits per heavy atom. The predicted octanol–water partition coefficient (Wildman–Crippen LogP) is 4.87. The van der Waals surface area contributed by atoms with E-state index in [-0.39, 0.29) is 11.8 Å². The summed E-state index contributed by atoms with van der Waals surface area (Å²) in [5.41, 5.74) is 1.28. The van der Waals surface area contributed by atoms with E-state index in [4.69, 9.17) is 28.0 Å². The van der Waals surface area contributed by atoms with Gasteiger partial charge in [-0.2, -0.15) is 0 Å². The zero-order valence-corrected chi connectivity index (χ0v) is 18.5. The van der Waals surface area contributed by atoms with E-state index >= 15 is 0 Å². The van der Waals surface area contributed by atoms with Crippen molar-refractivity contribution in [3.05, 3.63) is 33.8 Å². The molecule has 1 aromatic carbocycles. The van der Waals surface area contributed by atoms with Crippen molar-refractivity contribution in [3.8, 4) is 0 Å². The van der Waals surface area contributed by atoms with E-state index in [1.807, 2.05) is 6.92 Å². The molecule has 0 aromatic heterocycles. The van der Waals surface area contributed by atoms with Crippen molar-refractivity contribution in [2.75, 3.05) is 32.8 Å². The van der Waals surface area contributed by atoms with Crippen molar-refractivity contribution < 1.29 is 9.63 Å². The molecule has 2 rings (SSSR count). The molecule has 1 amide bonds. The molecule has 1 aliphatic heterocycles. The van der Waals surface area contributed by atoms with E-state index in [2.05, 4.69) is 29.2 Å². The first-order valence-corrected chi connectivity index (χ1v) is 10.8. The first-order valence-electron chi connectivity index (χ1n) is 10.0. The van der Waals surface area contributed by atoms with Crippen molar-refractivity contribution in [2.45, 2.75) is 40.0 Å². The minimum Gasteiger partial charge on any atom is -0.396 e. The number of piperidine rings is 1. The Kier molecular flexibility index (Phi) is 9.56. The molecule has 28 heavy (non-hydrogen) atoms. The van der Waals surface area contributed by atoms with Gasteiger partial charge in [0.2, 0.25) is 0 Å². The van der Waals surface area contributed by atoms with Gasteiger partial charge < -0.3 is 15.1 Å². The zero-order chi connectivity index (χ0) is 20.5. The number of oxime groups is 1. The molecule has 0 spiro atoms. The van der Waals surface area contributed by atoms with Crippen LogP contribution >= 0.6 is 23.2 Å². The van der Waals surface area contributed by atoms with Crippen molar-refractivity contribution in [1.82, 2.24) is 10.2 Å². The van der Waals surface area contributed by atoms with E-state index in [0.717, 1.165) is 37.7 Å². The van der Waals surface area contributed by atoms with Gasteiger partial charge in [0, 0.05) is 21.5 Å². The second-order valence-electron chi connectivity index (χ2n) is 7.56. The lowest BCUT2D eigenvalue weighted by Crippen LogP contribution is -2.36. The van der Waals surface area contributed by atoms with Crippen LogP contribution in [0.4, 0.5) is 0 Å². The van der Waals surface area contributed by atoms with Crippen LogP contribution < -0.4 is 5.32 Å². The standard InChI is InChI=1S/C21H31Cl2N3O2/c1-4-28-25-20(16(3)7-10-26-8-5-15(2)6-9-26)14-24-21(27)17-11-18(22)13-19(23)12-17/h11-13,15-16H,4-10,14H2,1-3H3,(H,24,27)/b25-20+. The summed E-state index contributed by atoms with van der Waals surface area (Å²) in [6.45, 7) is 10.6. The highest BCUT2D eigenvalue weighted by Crippen LogP contribution is 2.19. The summed E-state index contributed by atoms with van der Waals surface area (Å²) in [4.78, 5) is 20.2. The number of carbonyl (C=O) groups excluding carboxylic acids is 1. The molecule has 1 unspecified atom stereocenters. The fraction of sp³-hybridized carbons (Fsp3) is 0.619. The summed E-state index contributed by atoms with van der Waals surface area (Å²) < 4.78 is 0. The number of hydrogen-bond acceptors (Lipinski definition) is 4. The quantitative estimate of drug-likeness (QED) is 0.451. The average Bonchev–Trinajstić information content (AvgIpc) is 2.66. The van der Waals surface area contributed by atoms with Crippen LogP contribution in [0.3, 0.4) is 0 Å². The second kappa shape index (κ2) is 11.6. The molecule has 7 heteroatoms. The molecule has 0 saturated carbocycles. The van der Waals surface area contributed by atoms with E-state index in [1.165, 1.54) is 12.8 Å². The maximum atomic E-state index is 12.5. The summed E-state index contributed by atoms with van der Waals surface area (Å²) in [5.74, 6) is 0.818. The van der Waals surface area contributed by atoms with Crippen molar-refractivity contribution in [2.24, 2.45) is 17.0 Å². The fourth-order valence-electron chi connectivity index (χ4n) is 3.23. The maximum absolute atomic E-state index is 12.5. The monoisotopic (exact) mass is 427 g/mol. The summed E-state index contributed by atoms with van der Waals surface area (Å²) in [6, 6.07) is 4.80. The Hall–Kier alpha value is -1.30. The first kappa shape index (κ1) is 23.0. The van der Waals surface area contributed by atoms with E-state index in [0.29, 0.717) is 28.8 Å². The number of likely N-dealkylation sites (tertiary alicyclic amines) is 1. The zero-order valence-electron chi connectivity index (χ0n) is 17.0. The van der Waals surface area contributed by atoms with Gasteiger partial charge in [-0.1, -0.05) is 42.2 Å². The van der Waals surface area contributed by atoms with Crippen LogP contribution in [-0.4, -0.2) is 49.3 Å². The minimum atomic E-state index is -0.231. The molecule has 0 radical (unpaired) electrons. The van der Waals surface area contributed by atoms with Crippen molar-refractivity contribution in [3.63, 3.8) is 0 Å². The molecule has 1 heterocycles. The van der Waals surface area contributed by atoms with Gasteiger partial charge >= 0.3 is 0 Å². The second-order valence-corrected chi connectivity index (χ2v) is 8.43. The van der Waals surface area contributed by atoms with Gasteiger partial charge in [0.05, 0.1) is 12.3 Å². The summed E-state index contributed by atoms with van der Waals surface area (Å²) in [7, 11) is 0. The Labute approximate surface area is 178 Å². The molecule has 156 valence electrons. The third-order valence-electron chi connectivity index (χ3n) is 5.19. The maximum Gasteiger partial charge on any atom is 0.251 e. The van der Waals surface area contributed by atoms with Crippen LogP contribution in [0.1, 0.15) is 50.4 Å². The number of rotatable bonds is 9. The highest BCUT2D eigenvalue weighted by Gasteiger charge is 2.19. The highest BCUT2D eigenvalue weighted by atomic mass is 35.5. The first-order chi connectivity index (χ1) is 13.4. The van der Waals surface area contributed by atoms with Gasteiger partial charge in [0.25, 0.3) is 5.91 Å². The van der Waals surface area contributed by atoms with Crippen molar-refractivity contribution in [1.29, 1.82) is 0 Å². The molecule has 1 aromatic rings. The van der Waals surface area contributed by atoms with Crippen LogP contribution in [0.25, 0.3) is 0 Å². The normalized spacial score (nSPS) is 17.4. The van der Waals surface area contributed by atoms with Crippen LogP contribution in [0, 0.1) is 11.8 Å². The molecule has 1 N–H and O–H groups in total. The summed E-state index contributed by atoms with van der Waals surface area (Å²) in [6.07, 6.45) is 3.53. The lowest BCUT2D eigenvalue weighted by molar-refractivity contribution is 0.0958. The van der Waals surface area contributed by atoms with E-state index in [1.54, 1.807) is 18.2 Å². The van der Waals surface area contributed by atoms with Crippen LogP contribution in [0.5, 0.6) is 0 Å². The Balaban J connectivity index is 1.90. The van der Waals surface area contributed by atoms with Crippen LogP contribution in [0.2, 0.25) is 10.0 Å². The van der Waals surface area contributed by atoms with E-state index in [9.17, 15) is 4.79 Å². The molecule has 1 saturated heterocycles. The number of nitrogens with zero attached hydrogens (tertiary/aromatic N) is 2. The number of amides is 1. The largest absolute Gasteiger partial charge is 0.396 e. The Bertz CT molecular complexity index is 653. The molecule has 0 bridgehead atoms. The number of carbonyl (C=O) groups is 1. The van der Waals surface area contributed by atoms with Gasteiger partial charge in [0.15, 0.2) is 0 Å². The third-order valence-corrected chi connectivity index (χ3v) is 5.63. The summed E-state index contributed by atoms with van der Waals surface area (Å²) >= 11 is 12.0. The SMILES string of the molecule is CCO/N=C(\CNC(=O)c1cc(Cl)cc(Cl)c1)C(C)CCN1CCC(C)CC1. The number of halogens is 2. The molecule has 1 fully saturated rings. The van der Waals surface area contributed by atoms with Gasteiger partial charge in [-0.3, -0.25) is 4.79 Å². The predicted molar refractivity (Wildman–Crippen MR) is 116 cm³/mol. The molecule has 5 nitrogen and oxygen atoms in total. The molecule has 0 aliphatic carbocycles. The molecule has 1 atom stereocenters. The molecular formula is C21H31Cl2N3O2. The number of hydrogen-bond donors (Lipinski definition) is 1. The summed E-state index contributed by atoms with van der Waals surface area (Å²) in [5, 5.41) is 8.03. The topological polar surface area (TPSA) is 53.9 Å². The van der Waals surface area contributed by atoms with Gasteiger partial charge in [-0.15, -0.1) is 0 Å². The fourth-order valence-corrected chi connectivity index (χ4v) is 3.76. The van der Waals surface area contributed by atoms with Crippen molar-refractivity contribution >= 4 is 34.8 Å². The van der Waals surface area contributed by atoms with Crippen LogP contribution in [0.15, 0.2) is 23.4 Å². The number of nitrogens with one attached hydrogen (secondary N) is 1. The average molecular weight is 428 g/mol. The van der Waals surface area contributed by atoms with Crippen LogP contribution in [-0.2, 0) is 4.84 Å². The molecule has 1 aliphatic rings. The highest BCUT2D eigenvalue weighted by molar-refractivity contribution is 6.35. The lowest BCUT2D eigenvalue weighted by Gasteiger charge is -2.31. The van der Waals surface area contributed by atoms with Gasteiger partial charge in [0.1, 0.15) is 6.61 Å². The van der Waals surface area contributed by atoms with Gasteiger partial charge in [-0.05, 0) is 69.9 Å². The lowest BCUT2D eigenvalue weighted by atomic mass is 9.97. The number of benzene rings is 1. The Morgan fingerprint density at radius 2 is 1.93 bits per heavy atom. The van der Waals surface area contributed by atoms with Gasteiger partial charge in [-0.25, -0.2) is 0 Å². The molecular weight excluding hydrogens is 397 g/mol. The van der Waals surface area contributed by atoms with E-state index < -0.39 is 0 Å². The minimum absolute atomic E-state index is 0.217.